The van der Waals surface area contributed by atoms with E-state index in [1.54, 1.807) is 12.4 Å². The highest BCUT2D eigenvalue weighted by Gasteiger charge is 2.29. The molecule has 108 valence electrons. The SMILES string of the molecule is Cc1cccc(NC(=O)N2CCCC2c2ccncc2)c1. The van der Waals surface area contributed by atoms with Gasteiger partial charge in [-0.1, -0.05) is 12.1 Å². The molecule has 0 radical (unpaired) electrons. The van der Waals surface area contributed by atoms with E-state index in [9.17, 15) is 4.79 Å². The van der Waals surface area contributed by atoms with Crippen LogP contribution in [0.15, 0.2) is 48.8 Å². The number of amides is 2. The number of urea groups is 1. The summed E-state index contributed by atoms with van der Waals surface area (Å²) in [6.45, 7) is 2.82. The number of benzene rings is 1. The third kappa shape index (κ3) is 3.05. The summed E-state index contributed by atoms with van der Waals surface area (Å²) >= 11 is 0. The van der Waals surface area contributed by atoms with Crippen molar-refractivity contribution < 1.29 is 4.79 Å². The molecule has 1 N–H and O–H groups in total. The van der Waals surface area contributed by atoms with Crippen molar-refractivity contribution in [2.75, 3.05) is 11.9 Å². The van der Waals surface area contributed by atoms with Gasteiger partial charge in [0.25, 0.3) is 0 Å². The van der Waals surface area contributed by atoms with Crippen molar-refractivity contribution >= 4 is 11.7 Å². The monoisotopic (exact) mass is 281 g/mol. The lowest BCUT2D eigenvalue weighted by Crippen LogP contribution is -2.34. The average Bonchev–Trinajstić information content (AvgIpc) is 2.98. The van der Waals surface area contributed by atoms with E-state index in [-0.39, 0.29) is 12.1 Å². The topological polar surface area (TPSA) is 45.2 Å². The third-order valence-electron chi connectivity index (χ3n) is 3.87. The van der Waals surface area contributed by atoms with Crippen LogP contribution in [0, 0.1) is 6.92 Å². The largest absolute Gasteiger partial charge is 0.322 e. The van der Waals surface area contributed by atoms with Crippen molar-refractivity contribution in [1.82, 2.24) is 9.88 Å². The molecule has 2 amide bonds. The molecule has 1 aliphatic heterocycles. The molecule has 0 spiro atoms. The van der Waals surface area contributed by atoms with E-state index in [4.69, 9.17) is 0 Å². The average molecular weight is 281 g/mol. The Morgan fingerprint density at radius 1 is 1.29 bits per heavy atom. The maximum Gasteiger partial charge on any atom is 0.322 e. The number of carbonyl (C=O) groups excluding carboxylic acids is 1. The molecular formula is C17H19N3O. The highest BCUT2D eigenvalue weighted by Crippen LogP contribution is 2.32. The Hall–Kier alpha value is -2.36. The number of anilines is 1. The molecule has 2 heterocycles. The molecule has 3 rings (SSSR count). The van der Waals surface area contributed by atoms with Crippen LogP contribution in [0.25, 0.3) is 0 Å². The number of hydrogen-bond donors (Lipinski definition) is 1. The number of rotatable bonds is 2. The quantitative estimate of drug-likeness (QED) is 0.911. The van der Waals surface area contributed by atoms with Crippen molar-refractivity contribution in [3.05, 3.63) is 59.9 Å². The predicted molar refractivity (Wildman–Crippen MR) is 83.1 cm³/mol. The van der Waals surface area contributed by atoms with E-state index < -0.39 is 0 Å². The molecule has 1 saturated heterocycles. The first-order valence-electron chi connectivity index (χ1n) is 7.28. The Labute approximate surface area is 124 Å². The summed E-state index contributed by atoms with van der Waals surface area (Å²) in [5.74, 6) is 0. The molecule has 1 aromatic carbocycles. The highest BCUT2D eigenvalue weighted by atomic mass is 16.2. The summed E-state index contributed by atoms with van der Waals surface area (Å²) in [7, 11) is 0. The van der Waals surface area contributed by atoms with Crippen LogP contribution in [-0.4, -0.2) is 22.5 Å². The number of nitrogens with zero attached hydrogens (tertiary/aromatic N) is 2. The van der Waals surface area contributed by atoms with Crippen LogP contribution in [0.4, 0.5) is 10.5 Å². The normalized spacial score (nSPS) is 17.8. The van der Waals surface area contributed by atoms with Crippen LogP contribution in [0.2, 0.25) is 0 Å². The van der Waals surface area contributed by atoms with Crippen molar-refractivity contribution in [3.63, 3.8) is 0 Å². The van der Waals surface area contributed by atoms with Crippen LogP contribution in [0.1, 0.15) is 30.0 Å². The van der Waals surface area contributed by atoms with Crippen LogP contribution in [0.5, 0.6) is 0 Å². The lowest BCUT2D eigenvalue weighted by atomic mass is 10.1. The smallest absolute Gasteiger partial charge is 0.317 e. The molecule has 4 nitrogen and oxygen atoms in total. The van der Waals surface area contributed by atoms with Gasteiger partial charge in [-0.3, -0.25) is 4.98 Å². The molecule has 1 aliphatic rings. The summed E-state index contributed by atoms with van der Waals surface area (Å²) in [5, 5.41) is 3.00. The van der Waals surface area contributed by atoms with E-state index >= 15 is 0 Å². The standard InChI is InChI=1S/C17H19N3O/c1-13-4-2-5-15(12-13)19-17(21)20-11-3-6-16(20)14-7-9-18-10-8-14/h2,4-5,7-10,12,16H,3,6,11H2,1H3,(H,19,21). The van der Waals surface area contributed by atoms with E-state index in [2.05, 4.69) is 10.3 Å². The van der Waals surface area contributed by atoms with Crippen LogP contribution >= 0.6 is 0 Å². The Kier molecular flexibility index (Phi) is 3.86. The zero-order chi connectivity index (χ0) is 14.7. The molecule has 0 aliphatic carbocycles. The van der Waals surface area contributed by atoms with Gasteiger partial charge in [0.15, 0.2) is 0 Å². The number of carbonyl (C=O) groups is 1. The van der Waals surface area contributed by atoms with Gasteiger partial charge in [0.05, 0.1) is 6.04 Å². The second-order valence-electron chi connectivity index (χ2n) is 5.43. The number of aryl methyl sites for hydroxylation is 1. The minimum atomic E-state index is -0.0279. The second-order valence-corrected chi connectivity index (χ2v) is 5.43. The Morgan fingerprint density at radius 3 is 2.86 bits per heavy atom. The molecule has 1 atom stereocenters. The van der Waals surface area contributed by atoms with Crippen molar-refractivity contribution in [3.8, 4) is 0 Å². The molecule has 1 fully saturated rings. The van der Waals surface area contributed by atoms with Crippen LogP contribution < -0.4 is 5.32 Å². The van der Waals surface area contributed by atoms with Gasteiger partial charge in [-0.15, -0.1) is 0 Å². The number of pyridine rings is 1. The molecule has 0 bridgehead atoms. The first-order chi connectivity index (χ1) is 10.2. The number of nitrogens with one attached hydrogen (secondary N) is 1. The van der Waals surface area contributed by atoms with Crippen LogP contribution in [0.3, 0.4) is 0 Å². The lowest BCUT2D eigenvalue weighted by molar-refractivity contribution is 0.207. The molecule has 2 aromatic rings. The summed E-state index contributed by atoms with van der Waals surface area (Å²) in [4.78, 5) is 18.5. The first-order valence-corrected chi connectivity index (χ1v) is 7.28. The minimum absolute atomic E-state index is 0.0279. The van der Waals surface area contributed by atoms with Gasteiger partial charge in [-0.05, 0) is 55.2 Å². The number of likely N-dealkylation sites (tertiary alicyclic amines) is 1. The van der Waals surface area contributed by atoms with Gasteiger partial charge >= 0.3 is 6.03 Å². The maximum absolute atomic E-state index is 12.5. The zero-order valence-corrected chi connectivity index (χ0v) is 12.1. The van der Waals surface area contributed by atoms with E-state index in [0.29, 0.717) is 0 Å². The Balaban J connectivity index is 1.74. The van der Waals surface area contributed by atoms with E-state index in [0.717, 1.165) is 36.2 Å². The first kappa shape index (κ1) is 13.6. The summed E-state index contributed by atoms with van der Waals surface area (Å²) in [5.41, 5.74) is 3.14. The Bertz CT molecular complexity index is 627. The molecule has 4 heteroatoms. The molecule has 0 saturated carbocycles. The summed E-state index contributed by atoms with van der Waals surface area (Å²) < 4.78 is 0. The fourth-order valence-electron chi connectivity index (χ4n) is 2.86. The number of aromatic nitrogens is 1. The fourth-order valence-corrected chi connectivity index (χ4v) is 2.86. The van der Waals surface area contributed by atoms with E-state index in [1.165, 1.54) is 0 Å². The van der Waals surface area contributed by atoms with Crippen molar-refractivity contribution in [2.24, 2.45) is 0 Å². The lowest BCUT2D eigenvalue weighted by Gasteiger charge is -2.25. The van der Waals surface area contributed by atoms with Gasteiger partial charge in [-0.25, -0.2) is 4.79 Å². The summed E-state index contributed by atoms with van der Waals surface area (Å²) in [6, 6.07) is 12.0. The molecule has 1 aromatic heterocycles. The molecule has 1 unspecified atom stereocenters. The highest BCUT2D eigenvalue weighted by molar-refractivity contribution is 5.89. The Morgan fingerprint density at radius 2 is 2.10 bits per heavy atom. The van der Waals surface area contributed by atoms with Gasteiger partial charge in [0.2, 0.25) is 0 Å². The van der Waals surface area contributed by atoms with Gasteiger partial charge < -0.3 is 10.2 Å². The molecular weight excluding hydrogens is 262 g/mol. The third-order valence-corrected chi connectivity index (χ3v) is 3.87. The van der Waals surface area contributed by atoms with E-state index in [1.807, 2.05) is 48.2 Å². The van der Waals surface area contributed by atoms with Gasteiger partial charge in [0.1, 0.15) is 0 Å². The fraction of sp³-hybridized carbons (Fsp3) is 0.294. The molecule has 21 heavy (non-hydrogen) atoms. The minimum Gasteiger partial charge on any atom is -0.317 e. The van der Waals surface area contributed by atoms with Crippen molar-refractivity contribution in [2.45, 2.75) is 25.8 Å². The van der Waals surface area contributed by atoms with Crippen LogP contribution in [-0.2, 0) is 0 Å². The zero-order valence-electron chi connectivity index (χ0n) is 12.1. The maximum atomic E-state index is 12.5. The summed E-state index contributed by atoms with van der Waals surface area (Å²) in [6.07, 6.45) is 5.61. The predicted octanol–water partition coefficient (Wildman–Crippen LogP) is 3.76. The second kappa shape index (κ2) is 5.95. The van der Waals surface area contributed by atoms with Gasteiger partial charge in [0, 0.05) is 24.6 Å². The van der Waals surface area contributed by atoms with Gasteiger partial charge in [-0.2, -0.15) is 0 Å². The number of hydrogen-bond acceptors (Lipinski definition) is 2. The van der Waals surface area contributed by atoms with Crippen molar-refractivity contribution in [1.29, 1.82) is 0 Å².